The molecule has 88 valence electrons. The molecule has 16 heavy (non-hydrogen) atoms. The highest BCUT2D eigenvalue weighted by Gasteiger charge is 2.17. The molecule has 0 saturated heterocycles. The summed E-state index contributed by atoms with van der Waals surface area (Å²) in [5.74, 6) is 1.69. The minimum atomic E-state index is -0.102. The van der Waals surface area contributed by atoms with Gasteiger partial charge in [-0.05, 0) is 42.4 Å². The van der Waals surface area contributed by atoms with Crippen LogP contribution in [0.15, 0.2) is 24.3 Å². The van der Waals surface area contributed by atoms with Gasteiger partial charge in [0.25, 0.3) is 0 Å². The van der Waals surface area contributed by atoms with E-state index in [0.717, 1.165) is 23.8 Å². The summed E-state index contributed by atoms with van der Waals surface area (Å²) in [5.41, 5.74) is 1.15. The predicted octanol–water partition coefficient (Wildman–Crippen LogP) is 4.58. The molecule has 1 fully saturated rings. The van der Waals surface area contributed by atoms with E-state index in [1.54, 1.807) is 6.07 Å². The van der Waals surface area contributed by atoms with Crippen molar-refractivity contribution in [2.75, 3.05) is 0 Å². The molecule has 0 aromatic heterocycles. The first kappa shape index (κ1) is 11.6. The molecule has 1 aliphatic rings. The van der Waals surface area contributed by atoms with Crippen molar-refractivity contribution >= 4 is 0 Å². The van der Waals surface area contributed by atoms with Crippen LogP contribution in [0.25, 0.3) is 0 Å². The lowest BCUT2D eigenvalue weighted by atomic mass is 9.80. The molecule has 0 heterocycles. The molecular formula is C15H21F. The number of rotatable bonds is 3. The Balaban J connectivity index is 1.79. The maximum Gasteiger partial charge on any atom is 0.123 e. The Morgan fingerprint density at radius 2 is 1.94 bits per heavy atom. The summed E-state index contributed by atoms with van der Waals surface area (Å²) in [6.45, 7) is 2.35. The van der Waals surface area contributed by atoms with E-state index in [-0.39, 0.29) is 5.82 Å². The van der Waals surface area contributed by atoms with Crippen molar-refractivity contribution in [3.8, 4) is 0 Å². The minimum Gasteiger partial charge on any atom is -0.207 e. The third-order valence-corrected chi connectivity index (χ3v) is 3.87. The number of hydrogen-bond donors (Lipinski definition) is 0. The van der Waals surface area contributed by atoms with Gasteiger partial charge in [-0.25, -0.2) is 4.39 Å². The van der Waals surface area contributed by atoms with Gasteiger partial charge in [0.15, 0.2) is 0 Å². The molecular weight excluding hydrogens is 199 g/mol. The molecule has 0 bridgehead atoms. The summed E-state index contributed by atoms with van der Waals surface area (Å²) < 4.78 is 13.0. The van der Waals surface area contributed by atoms with Crippen LogP contribution in [0.5, 0.6) is 0 Å². The quantitative estimate of drug-likeness (QED) is 0.699. The zero-order valence-electron chi connectivity index (χ0n) is 10.1. The van der Waals surface area contributed by atoms with E-state index in [4.69, 9.17) is 0 Å². The Kier molecular flexibility index (Phi) is 3.98. The van der Waals surface area contributed by atoms with Gasteiger partial charge in [-0.3, -0.25) is 0 Å². The third-order valence-electron chi connectivity index (χ3n) is 3.87. The average Bonchev–Trinajstić information content (AvgIpc) is 2.28. The van der Waals surface area contributed by atoms with Gasteiger partial charge in [-0.15, -0.1) is 0 Å². The largest absolute Gasteiger partial charge is 0.207 e. The molecule has 0 amide bonds. The van der Waals surface area contributed by atoms with Crippen LogP contribution < -0.4 is 0 Å². The summed E-state index contributed by atoms with van der Waals surface area (Å²) in [5, 5.41) is 0. The Hall–Kier alpha value is -0.850. The third kappa shape index (κ3) is 3.33. The van der Waals surface area contributed by atoms with Gasteiger partial charge in [0, 0.05) is 0 Å². The van der Waals surface area contributed by atoms with E-state index in [1.807, 2.05) is 12.1 Å². The lowest BCUT2D eigenvalue weighted by Gasteiger charge is -2.26. The normalized spacial score (nSPS) is 25.6. The second kappa shape index (κ2) is 5.47. The second-order valence-electron chi connectivity index (χ2n) is 5.29. The van der Waals surface area contributed by atoms with E-state index in [9.17, 15) is 4.39 Å². The molecule has 0 radical (unpaired) electrons. The number of hydrogen-bond acceptors (Lipinski definition) is 0. The fraction of sp³-hybridized carbons (Fsp3) is 0.600. The molecule has 0 unspecified atom stereocenters. The van der Waals surface area contributed by atoms with Gasteiger partial charge < -0.3 is 0 Å². The van der Waals surface area contributed by atoms with Crippen LogP contribution in [-0.2, 0) is 6.42 Å². The highest BCUT2D eigenvalue weighted by Crippen LogP contribution is 2.31. The monoisotopic (exact) mass is 220 g/mol. The molecule has 0 atom stereocenters. The maximum absolute atomic E-state index is 13.0. The first-order valence-electron chi connectivity index (χ1n) is 6.48. The van der Waals surface area contributed by atoms with Crippen molar-refractivity contribution in [2.45, 2.75) is 45.4 Å². The van der Waals surface area contributed by atoms with E-state index >= 15 is 0 Å². The molecule has 2 rings (SSSR count). The van der Waals surface area contributed by atoms with Crippen molar-refractivity contribution in [3.05, 3.63) is 35.6 Å². The van der Waals surface area contributed by atoms with E-state index < -0.39 is 0 Å². The van der Waals surface area contributed by atoms with Crippen LogP contribution in [0.4, 0.5) is 4.39 Å². The molecule has 1 aromatic carbocycles. The van der Waals surface area contributed by atoms with Crippen molar-refractivity contribution < 1.29 is 4.39 Å². The summed E-state index contributed by atoms with van der Waals surface area (Å²) >= 11 is 0. The fourth-order valence-corrected chi connectivity index (χ4v) is 2.68. The topological polar surface area (TPSA) is 0 Å². The van der Waals surface area contributed by atoms with E-state index in [1.165, 1.54) is 38.2 Å². The van der Waals surface area contributed by atoms with Gasteiger partial charge in [0.05, 0.1) is 0 Å². The number of benzene rings is 1. The van der Waals surface area contributed by atoms with Crippen LogP contribution in [0.3, 0.4) is 0 Å². The first-order valence-corrected chi connectivity index (χ1v) is 6.48. The maximum atomic E-state index is 13.0. The van der Waals surface area contributed by atoms with Crippen molar-refractivity contribution in [1.82, 2.24) is 0 Å². The standard InChI is InChI=1S/C15H21F/c1-12-5-7-13(8-6-12)9-10-14-3-2-4-15(16)11-14/h2-4,11-13H,5-10H2,1H3. The lowest BCUT2D eigenvalue weighted by molar-refractivity contribution is 0.277. The zero-order valence-corrected chi connectivity index (χ0v) is 10.1. The molecule has 1 aliphatic carbocycles. The van der Waals surface area contributed by atoms with Crippen LogP contribution >= 0.6 is 0 Å². The number of aryl methyl sites for hydroxylation is 1. The Morgan fingerprint density at radius 3 is 2.62 bits per heavy atom. The summed E-state index contributed by atoms with van der Waals surface area (Å²) in [7, 11) is 0. The summed E-state index contributed by atoms with van der Waals surface area (Å²) in [6, 6.07) is 7.04. The molecule has 0 nitrogen and oxygen atoms in total. The molecule has 1 heteroatoms. The summed E-state index contributed by atoms with van der Waals surface area (Å²) in [6.07, 6.45) is 7.78. The van der Waals surface area contributed by atoms with Gasteiger partial charge >= 0.3 is 0 Å². The van der Waals surface area contributed by atoms with E-state index in [2.05, 4.69) is 6.92 Å². The van der Waals surface area contributed by atoms with Crippen molar-refractivity contribution in [2.24, 2.45) is 11.8 Å². The van der Waals surface area contributed by atoms with Crippen LogP contribution in [-0.4, -0.2) is 0 Å². The smallest absolute Gasteiger partial charge is 0.123 e. The Labute approximate surface area is 97.9 Å². The van der Waals surface area contributed by atoms with Crippen LogP contribution in [0.1, 0.15) is 44.6 Å². The zero-order chi connectivity index (χ0) is 11.4. The molecule has 1 saturated carbocycles. The molecule has 0 aliphatic heterocycles. The minimum absolute atomic E-state index is 0.102. The van der Waals surface area contributed by atoms with E-state index in [0.29, 0.717) is 0 Å². The average molecular weight is 220 g/mol. The highest BCUT2D eigenvalue weighted by molar-refractivity contribution is 5.16. The number of halogens is 1. The highest BCUT2D eigenvalue weighted by atomic mass is 19.1. The summed E-state index contributed by atoms with van der Waals surface area (Å²) in [4.78, 5) is 0. The van der Waals surface area contributed by atoms with Gasteiger partial charge in [-0.1, -0.05) is 44.7 Å². The molecule has 0 N–H and O–H groups in total. The van der Waals surface area contributed by atoms with Crippen LogP contribution in [0, 0.1) is 17.7 Å². The second-order valence-corrected chi connectivity index (χ2v) is 5.29. The van der Waals surface area contributed by atoms with Gasteiger partial charge in [-0.2, -0.15) is 0 Å². The Bertz CT molecular complexity index is 324. The first-order chi connectivity index (χ1) is 7.74. The van der Waals surface area contributed by atoms with Gasteiger partial charge in [0.2, 0.25) is 0 Å². The Morgan fingerprint density at radius 1 is 1.19 bits per heavy atom. The molecule has 0 spiro atoms. The molecule has 1 aromatic rings. The fourth-order valence-electron chi connectivity index (χ4n) is 2.68. The van der Waals surface area contributed by atoms with Crippen LogP contribution in [0.2, 0.25) is 0 Å². The SMILES string of the molecule is CC1CCC(CCc2cccc(F)c2)CC1. The van der Waals surface area contributed by atoms with Gasteiger partial charge in [0.1, 0.15) is 5.82 Å². The van der Waals surface area contributed by atoms with Crippen molar-refractivity contribution in [3.63, 3.8) is 0 Å². The lowest BCUT2D eigenvalue weighted by Crippen LogP contribution is -2.12. The van der Waals surface area contributed by atoms with Crippen molar-refractivity contribution in [1.29, 1.82) is 0 Å². The predicted molar refractivity (Wildman–Crippen MR) is 65.8 cm³/mol.